The zero-order chi connectivity index (χ0) is 14.1. The van der Waals surface area contributed by atoms with Gasteiger partial charge in [-0.3, -0.25) is 5.32 Å². The summed E-state index contributed by atoms with van der Waals surface area (Å²) in [6.45, 7) is 6.94. The van der Waals surface area contributed by atoms with E-state index in [1.807, 2.05) is 26.2 Å². The fourth-order valence-electron chi connectivity index (χ4n) is 1.63. The van der Waals surface area contributed by atoms with Crippen molar-refractivity contribution in [3.05, 3.63) is 18.0 Å². The Morgan fingerprint density at radius 2 is 2.11 bits per heavy atom. The number of aromatic nitrogens is 2. The lowest BCUT2D eigenvalue weighted by Crippen LogP contribution is -2.41. The molecule has 0 saturated carbocycles. The van der Waals surface area contributed by atoms with E-state index >= 15 is 0 Å². The number of hydrogen-bond acceptors (Lipinski definition) is 5. The van der Waals surface area contributed by atoms with Crippen molar-refractivity contribution in [1.29, 1.82) is 5.26 Å². The van der Waals surface area contributed by atoms with Crippen LogP contribution in [0.15, 0.2) is 17.6 Å². The average molecular weight is 278 g/mol. The highest BCUT2D eigenvalue weighted by Gasteiger charge is 2.21. The van der Waals surface area contributed by atoms with Crippen LogP contribution in [0, 0.1) is 18.3 Å². The van der Waals surface area contributed by atoms with Gasteiger partial charge in [-0.05, 0) is 45.2 Å². The monoisotopic (exact) mass is 278 g/mol. The molecule has 4 nitrogen and oxygen atoms in total. The van der Waals surface area contributed by atoms with Crippen molar-refractivity contribution in [3.63, 3.8) is 0 Å². The molecule has 0 aliphatic carbocycles. The Labute approximate surface area is 120 Å². The number of thioether (sulfide) groups is 1. The van der Waals surface area contributed by atoms with E-state index in [-0.39, 0.29) is 0 Å². The Morgan fingerprint density at radius 1 is 1.42 bits per heavy atom. The summed E-state index contributed by atoms with van der Waals surface area (Å²) in [5.41, 5.74) is 0.662. The first-order valence-electron chi connectivity index (χ1n) is 6.67. The molecule has 0 fully saturated rings. The average Bonchev–Trinajstić information content (AvgIpc) is 2.43. The van der Waals surface area contributed by atoms with Crippen LogP contribution >= 0.6 is 11.8 Å². The summed E-state index contributed by atoms with van der Waals surface area (Å²) in [5.74, 6) is 0.939. The van der Waals surface area contributed by atoms with Crippen molar-refractivity contribution < 1.29 is 0 Å². The van der Waals surface area contributed by atoms with Crippen LogP contribution in [0.25, 0.3) is 0 Å². The highest BCUT2D eigenvalue weighted by molar-refractivity contribution is 7.99. The van der Waals surface area contributed by atoms with Crippen molar-refractivity contribution in [2.45, 2.75) is 50.7 Å². The lowest BCUT2D eigenvalue weighted by molar-refractivity contribution is 0.415. The van der Waals surface area contributed by atoms with E-state index in [1.54, 1.807) is 11.8 Å². The van der Waals surface area contributed by atoms with Crippen LogP contribution in [0.5, 0.6) is 0 Å². The van der Waals surface area contributed by atoms with Crippen LogP contribution in [0.3, 0.4) is 0 Å². The molecule has 0 saturated heterocycles. The molecular weight excluding hydrogens is 256 g/mol. The van der Waals surface area contributed by atoms with Gasteiger partial charge in [0.15, 0.2) is 5.16 Å². The van der Waals surface area contributed by atoms with E-state index in [9.17, 15) is 5.26 Å². The fourth-order valence-corrected chi connectivity index (χ4v) is 2.35. The number of hydrogen-bond donors (Lipinski definition) is 1. The number of nitrogens with one attached hydrogen (secondary N) is 1. The predicted octanol–water partition coefficient (Wildman–Crippen LogP) is 2.94. The first kappa shape index (κ1) is 15.9. The van der Waals surface area contributed by atoms with Gasteiger partial charge < -0.3 is 0 Å². The third-order valence-electron chi connectivity index (χ3n) is 2.82. The second-order valence-corrected chi connectivity index (χ2v) is 5.93. The largest absolute Gasteiger partial charge is 0.300 e. The van der Waals surface area contributed by atoms with Gasteiger partial charge in [-0.25, -0.2) is 9.97 Å². The highest BCUT2D eigenvalue weighted by Crippen LogP contribution is 2.18. The fraction of sp³-hybridized carbons (Fsp3) is 0.643. The molecule has 19 heavy (non-hydrogen) atoms. The lowest BCUT2D eigenvalue weighted by atomic mass is 9.98. The number of nitriles is 1. The zero-order valence-corrected chi connectivity index (χ0v) is 12.8. The SMILES string of the molecule is CCCNC(C)(C#N)CCCSc1ncc(C)cn1. The predicted molar refractivity (Wildman–Crippen MR) is 79.0 cm³/mol. The Kier molecular flexibility index (Phi) is 6.82. The maximum Gasteiger partial charge on any atom is 0.187 e. The summed E-state index contributed by atoms with van der Waals surface area (Å²) in [5, 5.41) is 13.3. The maximum absolute atomic E-state index is 9.21. The summed E-state index contributed by atoms with van der Waals surface area (Å²) in [6.07, 6.45) is 6.53. The normalized spacial score (nSPS) is 13.8. The standard InChI is InChI=1S/C14H22N4S/c1-4-7-18-14(3,11-15)6-5-8-19-13-16-9-12(2)10-17-13/h9-10,18H,4-8H2,1-3H3. The molecule has 0 aliphatic heterocycles. The van der Waals surface area contributed by atoms with Gasteiger partial charge in [-0.15, -0.1) is 0 Å². The number of nitrogens with zero attached hydrogens (tertiary/aromatic N) is 3. The summed E-state index contributed by atoms with van der Waals surface area (Å²) in [7, 11) is 0. The summed E-state index contributed by atoms with van der Waals surface area (Å²) < 4.78 is 0. The summed E-state index contributed by atoms with van der Waals surface area (Å²) in [6, 6.07) is 2.37. The van der Waals surface area contributed by atoms with Crippen LogP contribution in [0.2, 0.25) is 0 Å². The van der Waals surface area contributed by atoms with Crippen molar-refractivity contribution in [3.8, 4) is 6.07 Å². The second-order valence-electron chi connectivity index (χ2n) is 4.87. The van der Waals surface area contributed by atoms with Crippen molar-refractivity contribution in [2.75, 3.05) is 12.3 Å². The first-order valence-corrected chi connectivity index (χ1v) is 7.66. The minimum atomic E-state index is -0.412. The van der Waals surface area contributed by atoms with E-state index in [2.05, 4.69) is 28.3 Å². The van der Waals surface area contributed by atoms with Crippen LogP contribution in [0.4, 0.5) is 0 Å². The van der Waals surface area contributed by atoms with Gasteiger partial charge in [0, 0.05) is 18.1 Å². The van der Waals surface area contributed by atoms with Gasteiger partial charge in [-0.1, -0.05) is 18.7 Å². The molecule has 0 radical (unpaired) electrons. The van der Waals surface area contributed by atoms with Gasteiger partial charge >= 0.3 is 0 Å². The van der Waals surface area contributed by atoms with E-state index in [0.717, 1.165) is 42.3 Å². The van der Waals surface area contributed by atoms with Crippen molar-refractivity contribution >= 4 is 11.8 Å². The van der Waals surface area contributed by atoms with E-state index in [4.69, 9.17) is 0 Å². The first-order chi connectivity index (χ1) is 9.09. The van der Waals surface area contributed by atoms with Crippen molar-refractivity contribution in [1.82, 2.24) is 15.3 Å². The Bertz CT molecular complexity index is 412. The quantitative estimate of drug-likeness (QED) is 0.450. The van der Waals surface area contributed by atoms with E-state index in [1.165, 1.54) is 0 Å². The molecule has 0 amide bonds. The Balaban J connectivity index is 2.29. The van der Waals surface area contributed by atoms with Crippen molar-refractivity contribution in [2.24, 2.45) is 0 Å². The second kappa shape index (κ2) is 8.13. The van der Waals surface area contributed by atoms with Gasteiger partial charge in [0.2, 0.25) is 0 Å². The molecule has 1 heterocycles. The third kappa shape index (κ3) is 6.04. The molecule has 1 unspecified atom stereocenters. The van der Waals surface area contributed by atoms with Gasteiger partial charge in [-0.2, -0.15) is 5.26 Å². The van der Waals surface area contributed by atoms with E-state index in [0.29, 0.717) is 0 Å². The molecule has 1 atom stereocenters. The lowest BCUT2D eigenvalue weighted by Gasteiger charge is -2.22. The third-order valence-corrected chi connectivity index (χ3v) is 3.78. The van der Waals surface area contributed by atoms with Crippen LogP contribution in [-0.4, -0.2) is 27.8 Å². The zero-order valence-electron chi connectivity index (χ0n) is 11.9. The highest BCUT2D eigenvalue weighted by atomic mass is 32.2. The van der Waals surface area contributed by atoms with Crippen LogP contribution in [0.1, 0.15) is 38.7 Å². The van der Waals surface area contributed by atoms with E-state index < -0.39 is 5.54 Å². The van der Waals surface area contributed by atoms with Gasteiger partial charge in [0.1, 0.15) is 5.54 Å². The van der Waals surface area contributed by atoms with Crippen LogP contribution in [-0.2, 0) is 0 Å². The smallest absolute Gasteiger partial charge is 0.187 e. The molecule has 5 heteroatoms. The van der Waals surface area contributed by atoms with Crippen LogP contribution < -0.4 is 5.32 Å². The van der Waals surface area contributed by atoms with Gasteiger partial charge in [0.25, 0.3) is 0 Å². The Morgan fingerprint density at radius 3 is 2.68 bits per heavy atom. The molecule has 1 N–H and O–H groups in total. The molecule has 0 spiro atoms. The molecule has 0 bridgehead atoms. The minimum absolute atomic E-state index is 0.412. The summed E-state index contributed by atoms with van der Waals surface area (Å²) in [4.78, 5) is 8.51. The maximum atomic E-state index is 9.21. The topological polar surface area (TPSA) is 61.6 Å². The Hall–Kier alpha value is -1.12. The molecule has 0 aromatic carbocycles. The molecule has 104 valence electrons. The molecule has 1 rings (SSSR count). The van der Waals surface area contributed by atoms with Gasteiger partial charge in [0.05, 0.1) is 6.07 Å². The molecule has 1 aromatic rings. The molecule has 0 aliphatic rings. The number of aryl methyl sites for hydroxylation is 1. The minimum Gasteiger partial charge on any atom is -0.300 e. The summed E-state index contributed by atoms with van der Waals surface area (Å²) >= 11 is 1.64. The molecular formula is C14H22N4S. The molecule has 1 aromatic heterocycles. The number of rotatable bonds is 8.